The molecule has 1 aromatic rings. The molecule has 0 spiro atoms. The number of guanidine groups is 1. The van der Waals surface area contributed by atoms with E-state index >= 15 is 0 Å². The highest BCUT2D eigenvalue weighted by Gasteiger charge is 2.32. The molecule has 3 rings (SSSR count). The third-order valence-corrected chi connectivity index (χ3v) is 6.39. The van der Waals surface area contributed by atoms with Crippen LogP contribution in [0.25, 0.3) is 0 Å². The number of hydrogen-bond donors (Lipinski definition) is 2. The Kier molecular flexibility index (Phi) is 9.90. The lowest BCUT2D eigenvalue weighted by Crippen LogP contribution is -2.46. The molecular weight excluding hydrogens is 503 g/mol. The Bertz CT molecular complexity index is 730. The lowest BCUT2D eigenvalue weighted by Gasteiger charge is -2.25. The van der Waals surface area contributed by atoms with Gasteiger partial charge in [0.1, 0.15) is 5.75 Å². The Labute approximate surface area is 204 Å². The highest BCUT2D eigenvalue weighted by atomic mass is 127. The van der Waals surface area contributed by atoms with Gasteiger partial charge in [0.2, 0.25) is 5.91 Å². The summed E-state index contributed by atoms with van der Waals surface area (Å²) in [5.74, 6) is 2.32. The average molecular weight is 543 g/mol. The Morgan fingerprint density at radius 3 is 2.48 bits per heavy atom. The number of methoxy groups -OCH3 is 1. The molecule has 1 amide bonds. The summed E-state index contributed by atoms with van der Waals surface area (Å²) in [6.07, 6.45) is 5.51. The van der Waals surface area contributed by atoms with Gasteiger partial charge in [0, 0.05) is 37.0 Å². The molecule has 0 bridgehead atoms. The van der Waals surface area contributed by atoms with Gasteiger partial charge < -0.3 is 20.3 Å². The molecule has 2 fully saturated rings. The largest absolute Gasteiger partial charge is 0.497 e. The summed E-state index contributed by atoms with van der Waals surface area (Å²) in [6.45, 7) is 9.61. The third kappa shape index (κ3) is 6.99. The molecule has 1 aliphatic carbocycles. The standard InChI is InChI=1S/C24H38N4O2.HI/c1-5-25-23(26-17-24(2,3)19-10-12-21(30-4)13-11-19)27-20-14-15-28(16-20)22(29)18-8-6-7-9-18;/h10-13,18,20H,5-9,14-17H2,1-4H3,(H2,25,26,27);1H. The van der Waals surface area contributed by atoms with E-state index in [1.807, 2.05) is 12.1 Å². The molecule has 174 valence electrons. The minimum atomic E-state index is -0.0885. The van der Waals surface area contributed by atoms with E-state index in [4.69, 9.17) is 9.73 Å². The minimum absolute atomic E-state index is 0. The molecule has 6 nitrogen and oxygen atoms in total. The van der Waals surface area contributed by atoms with Gasteiger partial charge >= 0.3 is 0 Å². The molecular formula is C24H39IN4O2. The van der Waals surface area contributed by atoms with Crippen LogP contribution in [0.1, 0.15) is 58.4 Å². The second-order valence-electron chi connectivity index (χ2n) is 9.20. The normalized spacial score (nSPS) is 19.8. The van der Waals surface area contributed by atoms with Crippen molar-refractivity contribution >= 4 is 35.8 Å². The van der Waals surface area contributed by atoms with E-state index in [9.17, 15) is 4.79 Å². The maximum absolute atomic E-state index is 12.7. The van der Waals surface area contributed by atoms with Crippen molar-refractivity contribution in [3.05, 3.63) is 29.8 Å². The van der Waals surface area contributed by atoms with E-state index < -0.39 is 0 Å². The first-order chi connectivity index (χ1) is 14.4. The lowest BCUT2D eigenvalue weighted by atomic mass is 9.85. The zero-order valence-electron chi connectivity index (χ0n) is 19.4. The van der Waals surface area contributed by atoms with E-state index in [0.717, 1.165) is 50.6 Å². The first-order valence-corrected chi connectivity index (χ1v) is 11.4. The highest BCUT2D eigenvalue weighted by Crippen LogP contribution is 2.28. The summed E-state index contributed by atoms with van der Waals surface area (Å²) in [5, 5.41) is 6.93. The molecule has 7 heteroatoms. The van der Waals surface area contributed by atoms with E-state index in [1.165, 1.54) is 18.4 Å². The van der Waals surface area contributed by atoms with E-state index in [0.29, 0.717) is 12.5 Å². The zero-order chi connectivity index (χ0) is 21.6. The van der Waals surface area contributed by atoms with Crippen LogP contribution in [0.3, 0.4) is 0 Å². The fraction of sp³-hybridized carbons (Fsp3) is 0.667. The number of carbonyl (C=O) groups excluding carboxylic acids is 1. The van der Waals surface area contributed by atoms with E-state index in [2.05, 4.69) is 48.4 Å². The maximum Gasteiger partial charge on any atom is 0.225 e. The number of ether oxygens (including phenoxy) is 1. The Morgan fingerprint density at radius 2 is 1.87 bits per heavy atom. The van der Waals surface area contributed by atoms with Crippen molar-refractivity contribution < 1.29 is 9.53 Å². The number of nitrogens with zero attached hydrogens (tertiary/aromatic N) is 2. The van der Waals surface area contributed by atoms with Crippen LogP contribution in [0.5, 0.6) is 5.75 Å². The monoisotopic (exact) mass is 542 g/mol. The predicted octanol–water partition coefficient (Wildman–Crippen LogP) is 3.94. The highest BCUT2D eigenvalue weighted by molar-refractivity contribution is 14.0. The lowest BCUT2D eigenvalue weighted by molar-refractivity contribution is -0.134. The molecule has 1 unspecified atom stereocenters. The molecule has 1 aromatic carbocycles. The van der Waals surface area contributed by atoms with Crippen molar-refractivity contribution in [2.75, 3.05) is 33.3 Å². The second-order valence-corrected chi connectivity index (χ2v) is 9.20. The van der Waals surface area contributed by atoms with Gasteiger partial charge in [-0.25, -0.2) is 0 Å². The summed E-state index contributed by atoms with van der Waals surface area (Å²) in [5.41, 5.74) is 1.14. The summed E-state index contributed by atoms with van der Waals surface area (Å²) >= 11 is 0. The van der Waals surface area contributed by atoms with Crippen molar-refractivity contribution in [3.8, 4) is 5.75 Å². The van der Waals surface area contributed by atoms with Gasteiger partial charge in [-0.3, -0.25) is 9.79 Å². The van der Waals surface area contributed by atoms with Gasteiger partial charge in [0.25, 0.3) is 0 Å². The van der Waals surface area contributed by atoms with Crippen LogP contribution in [0.2, 0.25) is 0 Å². The number of amides is 1. The fourth-order valence-corrected chi connectivity index (χ4v) is 4.43. The molecule has 1 atom stereocenters. The summed E-state index contributed by atoms with van der Waals surface area (Å²) < 4.78 is 5.27. The van der Waals surface area contributed by atoms with Gasteiger partial charge in [0.05, 0.1) is 13.7 Å². The SMILES string of the molecule is CCNC(=NCC(C)(C)c1ccc(OC)cc1)NC1CCN(C(=O)C2CCCC2)C1.I. The third-order valence-electron chi connectivity index (χ3n) is 6.39. The van der Waals surface area contributed by atoms with Gasteiger partial charge in [-0.1, -0.05) is 38.8 Å². The molecule has 1 heterocycles. The quantitative estimate of drug-likeness (QED) is 0.311. The molecule has 0 aromatic heterocycles. The van der Waals surface area contributed by atoms with E-state index in [-0.39, 0.29) is 41.4 Å². The number of rotatable bonds is 7. The smallest absolute Gasteiger partial charge is 0.225 e. The van der Waals surface area contributed by atoms with Gasteiger partial charge in [-0.05, 0) is 43.9 Å². The fourth-order valence-electron chi connectivity index (χ4n) is 4.43. The molecule has 31 heavy (non-hydrogen) atoms. The minimum Gasteiger partial charge on any atom is -0.497 e. The number of aliphatic imine (C=N–C) groups is 1. The Balaban J connectivity index is 0.00000341. The molecule has 1 saturated heterocycles. The number of carbonyl (C=O) groups is 1. The van der Waals surface area contributed by atoms with Crippen LogP contribution in [-0.2, 0) is 10.2 Å². The van der Waals surface area contributed by atoms with Crippen LogP contribution in [0.4, 0.5) is 0 Å². The van der Waals surface area contributed by atoms with Gasteiger partial charge in [0.15, 0.2) is 5.96 Å². The summed E-state index contributed by atoms with van der Waals surface area (Å²) in [4.78, 5) is 19.6. The first kappa shape index (κ1) is 25.7. The Hall–Kier alpha value is -1.51. The topological polar surface area (TPSA) is 66.0 Å². The van der Waals surface area contributed by atoms with Crippen LogP contribution in [-0.4, -0.2) is 56.1 Å². The molecule has 0 radical (unpaired) electrons. The van der Waals surface area contributed by atoms with Crippen LogP contribution in [0, 0.1) is 5.92 Å². The number of benzene rings is 1. The zero-order valence-corrected chi connectivity index (χ0v) is 21.8. The second kappa shape index (κ2) is 11.9. The van der Waals surface area contributed by atoms with Crippen molar-refractivity contribution in [3.63, 3.8) is 0 Å². The number of halogens is 1. The van der Waals surface area contributed by atoms with Crippen molar-refractivity contribution in [1.29, 1.82) is 0 Å². The Morgan fingerprint density at radius 1 is 1.19 bits per heavy atom. The predicted molar refractivity (Wildman–Crippen MR) is 137 cm³/mol. The molecule has 2 N–H and O–H groups in total. The number of nitrogens with one attached hydrogen (secondary N) is 2. The van der Waals surface area contributed by atoms with Gasteiger partial charge in [-0.15, -0.1) is 24.0 Å². The summed E-state index contributed by atoms with van der Waals surface area (Å²) in [7, 11) is 1.68. The van der Waals surface area contributed by atoms with Crippen LogP contribution in [0.15, 0.2) is 29.3 Å². The van der Waals surface area contributed by atoms with Crippen molar-refractivity contribution in [1.82, 2.24) is 15.5 Å². The van der Waals surface area contributed by atoms with Crippen molar-refractivity contribution in [2.24, 2.45) is 10.9 Å². The molecule has 1 saturated carbocycles. The van der Waals surface area contributed by atoms with E-state index in [1.54, 1.807) is 7.11 Å². The number of hydrogen-bond acceptors (Lipinski definition) is 3. The van der Waals surface area contributed by atoms with Crippen LogP contribution >= 0.6 is 24.0 Å². The first-order valence-electron chi connectivity index (χ1n) is 11.4. The molecule has 2 aliphatic rings. The molecule has 1 aliphatic heterocycles. The average Bonchev–Trinajstić information content (AvgIpc) is 3.44. The number of likely N-dealkylation sites (tertiary alicyclic amines) is 1. The summed E-state index contributed by atoms with van der Waals surface area (Å²) in [6, 6.07) is 8.48. The van der Waals surface area contributed by atoms with Crippen molar-refractivity contribution in [2.45, 2.75) is 64.3 Å². The van der Waals surface area contributed by atoms with Gasteiger partial charge in [-0.2, -0.15) is 0 Å². The maximum atomic E-state index is 12.7. The van der Waals surface area contributed by atoms with Crippen LogP contribution < -0.4 is 15.4 Å².